The van der Waals surface area contributed by atoms with Crippen molar-refractivity contribution in [3.05, 3.63) is 90.1 Å². The number of sulfonamides is 1. The van der Waals surface area contributed by atoms with Crippen LogP contribution >= 0.6 is 11.3 Å². The van der Waals surface area contributed by atoms with E-state index in [9.17, 15) is 17.6 Å². The van der Waals surface area contributed by atoms with Gasteiger partial charge in [0, 0.05) is 17.5 Å². The molecule has 1 N–H and O–H groups in total. The zero-order valence-corrected chi connectivity index (χ0v) is 20.2. The summed E-state index contributed by atoms with van der Waals surface area (Å²) in [6.07, 6.45) is 0.973. The first kappa shape index (κ1) is 23.3. The topological polar surface area (TPSA) is 79.4 Å². The number of nitrogens with one attached hydrogen (secondary N) is 1. The molecule has 0 saturated carbocycles. The summed E-state index contributed by atoms with van der Waals surface area (Å²) in [4.78, 5) is 17.5. The van der Waals surface area contributed by atoms with Crippen LogP contribution in [0.15, 0.2) is 89.1 Å². The standard InChI is InChI=1S/C26H22FN3O3S2/c27-21-12-14-22(15-13-21)35(32,33)30-16-4-7-24(30)25(31)29-26-28-23(17-34-26)20-10-8-19(9-11-20)18-5-2-1-3-6-18/h1-3,5-6,8-15,17,24H,4,7,16H2,(H,28,29,31). The van der Waals surface area contributed by atoms with Gasteiger partial charge in [0.15, 0.2) is 5.13 Å². The normalized spacial score (nSPS) is 16.3. The molecule has 1 aromatic heterocycles. The van der Waals surface area contributed by atoms with E-state index in [1.54, 1.807) is 0 Å². The molecule has 0 bridgehead atoms. The molecule has 1 aliphatic heterocycles. The van der Waals surface area contributed by atoms with Crippen molar-refractivity contribution in [1.82, 2.24) is 9.29 Å². The first-order valence-corrected chi connectivity index (χ1v) is 13.4. The van der Waals surface area contributed by atoms with Crippen molar-refractivity contribution in [2.75, 3.05) is 11.9 Å². The van der Waals surface area contributed by atoms with E-state index < -0.39 is 27.8 Å². The predicted octanol–water partition coefficient (Wildman–Crippen LogP) is 5.41. The summed E-state index contributed by atoms with van der Waals surface area (Å²) in [6.45, 7) is 0.231. The Morgan fingerprint density at radius 3 is 2.31 bits per heavy atom. The molecule has 1 saturated heterocycles. The van der Waals surface area contributed by atoms with Crippen LogP contribution in [-0.2, 0) is 14.8 Å². The minimum absolute atomic E-state index is 0.0333. The van der Waals surface area contributed by atoms with Gasteiger partial charge in [0.1, 0.15) is 11.9 Å². The summed E-state index contributed by atoms with van der Waals surface area (Å²) in [7, 11) is -3.92. The third-order valence-electron chi connectivity index (χ3n) is 5.95. The molecular weight excluding hydrogens is 485 g/mol. The molecule has 35 heavy (non-hydrogen) atoms. The Labute approximate surface area is 207 Å². The van der Waals surface area contributed by atoms with Gasteiger partial charge in [-0.1, -0.05) is 54.6 Å². The lowest BCUT2D eigenvalue weighted by molar-refractivity contribution is -0.119. The Balaban J connectivity index is 1.29. The van der Waals surface area contributed by atoms with Crippen molar-refractivity contribution in [1.29, 1.82) is 0 Å². The Morgan fingerprint density at radius 1 is 0.943 bits per heavy atom. The second-order valence-electron chi connectivity index (χ2n) is 8.20. The number of amides is 1. The molecule has 0 aliphatic carbocycles. The van der Waals surface area contributed by atoms with Gasteiger partial charge in [-0.2, -0.15) is 4.31 Å². The van der Waals surface area contributed by atoms with Crippen molar-refractivity contribution in [2.45, 2.75) is 23.8 Å². The Bertz CT molecular complexity index is 1440. The van der Waals surface area contributed by atoms with Gasteiger partial charge in [0.25, 0.3) is 0 Å². The van der Waals surface area contributed by atoms with Crippen LogP contribution in [0.4, 0.5) is 9.52 Å². The number of benzene rings is 3. The van der Waals surface area contributed by atoms with Crippen LogP contribution in [0.5, 0.6) is 0 Å². The van der Waals surface area contributed by atoms with E-state index in [1.165, 1.54) is 27.8 Å². The van der Waals surface area contributed by atoms with Gasteiger partial charge in [0.05, 0.1) is 10.6 Å². The van der Waals surface area contributed by atoms with E-state index in [4.69, 9.17) is 0 Å². The van der Waals surface area contributed by atoms with Crippen LogP contribution < -0.4 is 5.32 Å². The number of halogens is 1. The van der Waals surface area contributed by atoms with E-state index in [-0.39, 0.29) is 11.4 Å². The number of carbonyl (C=O) groups excluding carboxylic acids is 1. The summed E-state index contributed by atoms with van der Waals surface area (Å²) < 4.78 is 40.5. The number of hydrogen-bond acceptors (Lipinski definition) is 5. The highest BCUT2D eigenvalue weighted by Crippen LogP contribution is 2.30. The lowest BCUT2D eigenvalue weighted by atomic mass is 10.0. The highest BCUT2D eigenvalue weighted by molar-refractivity contribution is 7.89. The summed E-state index contributed by atoms with van der Waals surface area (Å²) in [5, 5.41) is 5.04. The maximum atomic E-state index is 13.2. The van der Waals surface area contributed by atoms with Gasteiger partial charge in [-0.05, 0) is 48.2 Å². The molecule has 9 heteroatoms. The maximum Gasteiger partial charge on any atom is 0.244 e. The predicted molar refractivity (Wildman–Crippen MR) is 135 cm³/mol. The Morgan fingerprint density at radius 2 is 1.60 bits per heavy atom. The highest BCUT2D eigenvalue weighted by Gasteiger charge is 2.39. The molecular formula is C26H22FN3O3S2. The fourth-order valence-electron chi connectivity index (χ4n) is 4.15. The first-order valence-electron chi connectivity index (χ1n) is 11.1. The monoisotopic (exact) mass is 507 g/mol. The molecule has 1 amide bonds. The van der Waals surface area contributed by atoms with Crippen molar-refractivity contribution in [3.63, 3.8) is 0 Å². The quantitative estimate of drug-likeness (QED) is 0.379. The molecule has 5 rings (SSSR count). The zero-order valence-electron chi connectivity index (χ0n) is 18.6. The van der Waals surface area contributed by atoms with Gasteiger partial charge < -0.3 is 5.32 Å². The lowest BCUT2D eigenvalue weighted by Gasteiger charge is -2.23. The van der Waals surface area contributed by atoms with Crippen molar-refractivity contribution < 1.29 is 17.6 Å². The second kappa shape index (κ2) is 9.69. The Kier molecular flexibility index (Phi) is 6.46. The van der Waals surface area contributed by atoms with E-state index in [0.29, 0.717) is 18.0 Å². The van der Waals surface area contributed by atoms with E-state index in [0.717, 1.165) is 34.5 Å². The second-order valence-corrected chi connectivity index (χ2v) is 10.9. The maximum absolute atomic E-state index is 13.2. The molecule has 0 radical (unpaired) electrons. The number of anilines is 1. The van der Waals surface area contributed by atoms with Crippen LogP contribution in [0.1, 0.15) is 12.8 Å². The number of aromatic nitrogens is 1. The van der Waals surface area contributed by atoms with Crippen LogP contribution in [0.3, 0.4) is 0 Å². The van der Waals surface area contributed by atoms with E-state index in [2.05, 4.69) is 10.3 Å². The molecule has 1 unspecified atom stereocenters. The van der Waals surface area contributed by atoms with Gasteiger partial charge >= 0.3 is 0 Å². The molecule has 1 aliphatic rings. The van der Waals surface area contributed by atoms with E-state index >= 15 is 0 Å². The summed E-state index contributed by atoms with van der Waals surface area (Å²) >= 11 is 1.29. The van der Waals surface area contributed by atoms with Crippen molar-refractivity contribution in [2.24, 2.45) is 0 Å². The van der Waals surface area contributed by atoms with Gasteiger partial charge in [-0.25, -0.2) is 17.8 Å². The van der Waals surface area contributed by atoms with Crippen molar-refractivity contribution >= 4 is 32.4 Å². The molecule has 3 aromatic carbocycles. The molecule has 0 spiro atoms. The smallest absolute Gasteiger partial charge is 0.244 e. The number of rotatable bonds is 6. The first-order chi connectivity index (χ1) is 16.9. The SMILES string of the molecule is O=C(Nc1nc(-c2ccc(-c3ccccc3)cc2)cs1)C1CCCN1S(=O)(=O)c1ccc(F)cc1. The van der Waals surface area contributed by atoms with Crippen LogP contribution in [0.25, 0.3) is 22.4 Å². The number of thiazole rings is 1. The Hall–Kier alpha value is -3.40. The van der Waals surface area contributed by atoms with Crippen LogP contribution in [-0.4, -0.2) is 36.2 Å². The molecule has 4 aromatic rings. The number of hydrogen-bond donors (Lipinski definition) is 1. The summed E-state index contributed by atoms with van der Waals surface area (Å²) in [6, 6.07) is 21.9. The zero-order chi connectivity index (χ0) is 24.4. The average molecular weight is 508 g/mol. The molecule has 1 fully saturated rings. The van der Waals surface area contributed by atoms with Crippen LogP contribution in [0.2, 0.25) is 0 Å². The largest absolute Gasteiger partial charge is 0.301 e. The minimum Gasteiger partial charge on any atom is -0.301 e. The lowest BCUT2D eigenvalue weighted by Crippen LogP contribution is -2.43. The molecule has 2 heterocycles. The average Bonchev–Trinajstić information content (AvgIpc) is 3.56. The summed E-state index contributed by atoms with van der Waals surface area (Å²) in [5.74, 6) is -0.942. The third-order valence-corrected chi connectivity index (χ3v) is 8.63. The molecule has 1 atom stereocenters. The van der Waals surface area contributed by atoms with Gasteiger partial charge in [-0.15, -0.1) is 11.3 Å². The van der Waals surface area contributed by atoms with Crippen LogP contribution in [0, 0.1) is 5.82 Å². The minimum atomic E-state index is -3.92. The summed E-state index contributed by atoms with van der Waals surface area (Å²) in [5.41, 5.74) is 3.87. The van der Waals surface area contributed by atoms with Crippen molar-refractivity contribution in [3.8, 4) is 22.4 Å². The van der Waals surface area contributed by atoms with Gasteiger partial charge in [-0.3, -0.25) is 4.79 Å². The van der Waals surface area contributed by atoms with E-state index in [1.807, 2.05) is 60.0 Å². The third kappa shape index (κ3) is 4.88. The van der Waals surface area contributed by atoms with Gasteiger partial charge in [0.2, 0.25) is 15.9 Å². The number of nitrogens with zero attached hydrogens (tertiary/aromatic N) is 2. The number of carbonyl (C=O) groups is 1. The highest BCUT2D eigenvalue weighted by atomic mass is 32.2. The molecule has 6 nitrogen and oxygen atoms in total. The fraction of sp³-hybridized carbons (Fsp3) is 0.154. The molecule has 178 valence electrons. The fourth-order valence-corrected chi connectivity index (χ4v) is 6.53.